The highest BCUT2D eigenvalue weighted by Gasteiger charge is 2.23. The van der Waals surface area contributed by atoms with Gasteiger partial charge < -0.3 is 4.74 Å². The van der Waals surface area contributed by atoms with Gasteiger partial charge in [-0.1, -0.05) is 74.8 Å². The molecule has 1 aliphatic rings. The Morgan fingerprint density at radius 1 is 1.35 bits per heavy atom. The Hall–Kier alpha value is -0.700. The molecular weight excluding hydrogens is 360 g/mol. The lowest BCUT2D eigenvalue weighted by atomic mass is 9.85. The first-order valence-electron chi connectivity index (χ1n) is 9.76. The number of hydrogen-bond acceptors (Lipinski definition) is 2. The van der Waals surface area contributed by atoms with Crippen LogP contribution in [0.5, 0.6) is 0 Å². The van der Waals surface area contributed by atoms with Crippen molar-refractivity contribution in [3.63, 3.8) is 0 Å². The van der Waals surface area contributed by atoms with Crippen molar-refractivity contribution in [2.45, 2.75) is 59.8 Å². The zero-order chi connectivity index (χ0) is 19.5. The quantitative estimate of drug-likeness (QED) is 0.439. The van der Waals surface area contributed by atoms with Crippen LogP contribution in [0.4, 0.5) is 0 Å². The summed E-state index contributed by atoms with van der Waals surface area (Å²) in [5.74, 6) is 1.29. The zero-order valence-corrected chi connectivity index (χ0v) is 18.7. The average Bonchev–Trinajstić information content (AvgIpc) is 2.58. The van der Waals surface area contributed by atoms with E-state index in [9.17, 15) is 0 Å². The number of hydrogen-bond donors (Lipinski definition) is 0. The molecule has 0 amide bonds. The van der Waals surface area contributed by atoms with Gasteiger partial charge >= 0.3 is 0 Å². The van der Waals surface area contributed by atoms with Gasteiger partial charge in [0.05, 0.1) is 0 Å². The van der Waals surface area contributed by atoms with Crippen LogP contribution >= 0.6 is 23.4 Å². The summed E-state index contributed by atoms with van der Waals surface area (Å²) in [7, 11) is 1.71. The Kier molecular flexibility index (Phi) is 11.4. The molecule has 1 aromatic rings. The molecule has 0 bridgehead atoms. The highest BCUT2D eigenvalue weighted by Crippen LogP contribution is 2.46. The first-order valence-corrected chi connectivity index (χ1v) is 11.0. The van der Waals surface area contributed by atoms with E-state index in [0.717, 1.165) is 24.5 Å². The second-order valence-electron chi connectivity index (χ2n) is 7.02. The van der Waals surface area contributed by atoms with E-state index in [0.29, 0.717) is 11.8 Å². The smallest absolute Gasteiger partial charge is 0.0459 e. The van der Waals surface area contributed by atoms with Crippen LogP contribution in [-0.2, 0) is 4.74 Å². The highest BCUT2D eigenvalue weighted by atomic mass is 35.5. The fraction of sp³-hybridized carbons (Fsp3) is 0.565. The van der Waals surface area contributed by atoms with E-state index in [1.165, 1.54) is 40.2 Å². The van der Waals surface area contributed by atoms with E-state index in [1.807, 2.05) is 23.9 Å². The lowest BCUT2D eigenvalue weighted by molar-refractivity contribution is 0.199. The SMILES string of the molecule is C=C(S/C(=C(/C)C(C)CC)c1cccc(Cl)c1)C1CCC1.CCCOC. The Bertz CT molecular complexity index is 588. The number of rotatable bonds is 8. The van der Waals surface area contributed by atoms with Crippen LogP contribution in [-0.4, -0.2) is 13.7 Å². The van der Waals surface area contributed by atoms with Gasteiger partial charge in [-0.15, -0.1) is 0 Å². The molecule has 0 aromatic heterocycles. The van der Waals surface area contributed by atoms with E-state index in [2.05, 4.69) is 46.4 Å². The van der Waals surface area contributed by atoms with E-state index in [1.54, 1.807) is 7.11 Å². The molecule has 1 aliphatic carbocycles. The number of thioether (sulfide) groups is 1. The molecule has 0 aliphatic heterocycles. The molecule has 0 spiro atoms. The molecule has 1 atom stereocenters. The first-order chi connectivity index (χ1) is 12.4. The maximum Gasteiger partial charge on any atom is 0.0459 e. The molecule has 3 heteroatoms. The molecule has 1 nitrogen and oxygen atoms in total. The molecule has 0 N–H and O–H groups in total. The van der Waals surface area contributed by atoms with Crippen LogP contribution in [0.2, 0.25) is 5.02 Å². The summed E-state index contributed by atoms with van der Waals surface area (Å²) >= 11 is 8.06. The molecule has 1 aromatic carbocycles. The predicted octanol–water partition coefficient (Wildman–Crippen LogP) is 8.21. The molecule has 1 unspecified atom stereocenters. The minimum atomic E-state index is 0.584. The fourth-order valence-corrected chi connectivity index (χ4v) is 4.14. The van der Waals surface area contributed by atoms with E-state index in [4.69, 9.17) is 16.3 Å². The largest absolute Gasteiger partial charge is 0.385 e. The monoisotopic (exact) mass is 394 g/mol. The van der Waals surface area contributed by atoms with Crippen LogP contribution in [0.1, 0.15) is 65.4 Å². The zero-order valence-electron chi connectivity index (χ0n) is 17.1. The molecule has 0 heterocycles. The maximum atomic E-state index is 6.19. The molecular formula is C23H35ClOS. The molecule has 26 heavy (non-hydrogen) atoms. The van der Waals surface area contributed by atoms with E-state index >= 15 is 0 Å². The average molecular weight is 395 g/mol. The summed E-state index contributed by atoms with van der Waals surface area (Å²) in [5, 5.41) is 0.803. The third-order valence-electron chi connectivity index (χ3n) is 5.00. The Balaban J connectivity index is 0.000000597. The lowest BCUT2D eigenvalue weighted by Gasteiger charge is -2.28. The molecule has 1 fully saturated rings. The molecule has 2 rings (SSSR count). The van der Waals surface area contributed by atoms with Crippen molar-refractivity contribution in [2.24, 2.45) is 11.8 Å². The van der Waals surface area contributed by atoms with Crippen LogP contribution in [0.15, 0.2) is 41.3 Å². The molecule has 146 valence electrons. The first kappa shape index (κ1) is 23.3. The van der Waals surface area contributed by atoms with Gasteiger partial charge in [0.2, 0.25) is 0 Å². The molecule has 0 radical (unpaired) electrons. The normalized spacial score (nSPS) is 16.1. The Labute approximate surface area is 170 Å². The number of ether oxygens (including phenoxy) is 1. The van der Waals surface area contributed by atoms with Gasteiger partial charge in [-0.25, -0.2) is 0 Å². The second-order valence-corrected chi connectivity index (χ2v) is 8.59. The van der Waals surface area contributed by atoms with Gasteiger partial charge in [0, 0.05) is 23.6 Å². The van der Waals surface area contributed by atoms with E-state index in [-0.39, 0.29) is 0 Å². The third-order valence-corrected chi connectivity index (χ3v) is 6.59. The van der Waals surface area contributed by atoms with Gasteiger partial charge in [-0.3, -0.25) is 0 Å². The van der Waals surface area contributed by atoms with Gasteiger partial charge in [0.25, 0.3) is 0 Å². The summed E-state index contributed by atoms with van der Waals surface area (Å²) in [5.41, 5.74) is 2.68. The van der Waals surface area contributed by atoms with Gasteiger partial charge in [-0.2, -0.15) is 0 Å². The van der Waals surface area contributed by atoms with Crippen molar-refractivity contribution < 1.29 is 4.74 Å². The minimum Gasteiger partial charge on any atom is -0.385 e. The van der Waals surface area contributed by atoms with Gasteiger partial charge in [-0.05, 0) is 67.0 Å². The lowest BCUT2D eigenvalue weighted by Crippen LogP contribution is -2.11. The van der Waals surface area contributed by atoms with Crippen LogP contribution in [0.3, 0.4) is 0 Å². The predicted molar refractivity (Wildman–Crippen MR) is 120 cm³/mol. The maximum absolute atomic E-state index is 6.19. The summed E-state index contributed by atoms with van der Waals surface area (Å²) in [6, 6.07) is 8.21. The number of benzene rings is 1. The summed E-state index contributed by atoms with van der Waals surface area (Å²) in [4.78, 5) is 2.67. The topological polar surface area (TPSA) is 9.23 Å². The van der Waals surface area contributed by atoms with Gasteiger partial charge in [0.15, 0.2) is 0 Å². The molecule has 0 saturated heterocycles. The van der Waals surface area contributed by atoms with Crippen molar-refractivity contribution in [1.82, 2.24) is 0 Å². The summed E-state index contributed by atoms with van der Waals surface area (Å²) < 4.78 is 4.69. The number of halogens is 1. The minimum absolute atomic E-state index is 0.584. The van der Waals surface area contributed by atoms with Gasteiger partial charge in [0.1, 0.15) is 0 Å². The van der Waals surface area contributed by atoms with Crippen LogP contribution < -0.4 is 0 Å². The van der Waals surface area contributed by atoms with Crippen molar-refractivity contribution in [3.8, 4) is 0 Å². The molecule has 1 saturated carbocycles. The number of allylic oxidation sites excluding steroid dienone is 2. The fourth-order valence-electron chi connectivity index (χ4n) is 2.68. The van der Waals surface area contributed by atoms with Crippen LogP contribution in [0, 0.1) is 11.8 Å². The second kappa shape index (κ2) is 12.6. The third kappa shape index (κ3) is 7.50. The Morgan fingerprint density at radius 3 is 2.46 bits per heavy atom. The van der Waals surface area contributed by atoms with Crippen molar-refractivity contribution >= 4 is 28.3 Å². The number of methoxy groups -OCH3 is 1. The Morgan fingerprint density at radius 2 is 2.04 bits per heavy atom. The van der Waals surface area contributed by atoms with Crippen molar-refractivity contribution in [1.29, 1.82) is 0 Å². The summed E-state index contributed by atoms with van der Waals surface area (Å²) in [6.45, 7) is 14.1. The van der Waals surface area contributed by atoms with Crippen molar-refractivity contribution in [2.75, 3.05) is 13.7 Å². The highest BCUT2D eigenvalue weighted by molar-refractivity contribution is 8.11. The standard InChI is InChI=1S/C19H25ClS.C4H10O/c1-5-13(2)14(3)19(17-10-7-11-18(20)12-17)21-15(4)16-8-6-9-16;1-3-4-5-2/h7,10-13,16H,4-6,8-9H2,1-3H3;3-4H2,1-2H3/b19-14-;. The van der Waals surface area contributed by atoms with Crippen molar-refractivity contribution in [3.05, 3.63) is 51.9 Å². The van der Waals surface area contributed by atoms with Crippen LogP contribution in [0.25, 0.3) is 4.91 Å². The van der Waals surface area contributed by atoms with E-state index < -0.39 is 0 Å². The summed E-state index contributed by atoms with van der Waals surface area (Å²) in [6.07, 6.45) is 6.24.